The lowest BCUT2D eigenvalue weighted by molar-refractivity contribution is 0.620. The van der Waals surface area contributed by atoms with Crippen molar-refractivity contribution in [2.24, 2.45) is 0 Å². The van der Waals surface area contributed by atoms with Gasteiger partial charge in [-0.2, -0.15) is 0 Å². The molecule has 1 heterocycles. The molecule has 0 unspecified atom stereocenters. The largest absolute Gasteiger partial charge is 0.207 e. The second-order valence-corrected chi connectivity index (χ2v) is 5.13. The number of halogens is 2. The van der Waals surface area contributed by atoms with E-state index in [2.05, 4.69) is 21.3 Å². The van der Waals surface area contributed by atoms with Gasteiger partial charge in [0, 0.05) is 31.3 Å². The Morgan fingerprint density at radius 2 is 2.29 bits per heavy atom. The molecule has 0 radical (unpaired) electrons. The standard InChI is InChI=1S/C10H8BrFS2/c1-13-9-5-14-10-6(9)2-3-8(12)7(10)4-11/h2-3,5H,4H2,1H3. The molecular weight excluding hydrogens is 283 g/mol. The van der Waals surface area contributed by atoms with Gasteiger partial charge in [-0.05, 0) is 18.4 Å². The van der Waals surface area contributed by atoms with Gasteiger partial charge >= 0.3 is 0 Å². The average molecular weight is 291 g/mol. The van der Waals surface area contributed by atoms with E-state index in [-0.39, 0.29) is 5.82 Å². The fourth-order valence-electron chi connectivity index (χ4n) is 1.39. The molecule has 0 aliphatic heterocycles. The van der Waals surface area contributed by atoms with Gasteiger partial charge in [0.05, 0.1) is 0 Å². The van der Waals surface area contributed by atoms with Gasteiger partial charge in [-0.1, -0.05) is 15.9 Å². The second kappa shape index (κ2) is 4.21. The quantitative estimate of drug-likeness (QED) is 0.573. The molecule has 1 aromatic carbocycles. The molecule has 1 aromatic heterocycles. The summed E-state index contributed by atoms with van der Waals surface area (Å²) in [7, 11) is 0. The first kappa shape index (κ1) is 10.5. The smallest absolute Gasteiger partial charge is 0.128 e. The summed E-state index contributed by atoms with van der Waals surface area (Å²) in [5, 5.41) is 3.82. The lowest BCUT2D eigenvalue weighted by atomic mass is 10.2. The van der Waals surface area contributed by atoms with Crippen molar-refractivity contribution in [2.75, 3.05) is 6.26 Å². The first-order chi connectivity index (χ1) is 6.77. The highest BCUT2D eigenvalue weighted by molar-refractivity contribution is 9.08. The number of rotatable bonds is 2. The Labute approximate surface area is 98.6 Å². The van der Waals surface area contributed by atoms with Crippen molar-refractivity contribution in [2.45, 2.75) is 10.2 Å². The van der Waals surface area contributed by atoms with E-state index in [0.29, 0.717) is 5.33 Å². The molecule has 0 fully saturated rings. The molecule has 0 saturated heterocycles. The van der Waals surface area contributed by atoms with Crippen LogP contribution in [0.4, 0.5) is 4.39 Å². The van der Waals surface area contributed by atoms with E-state index in [9.17, 15) is 4.39 Å². The van der Waals surface area contributed by atoms with Gasteiger partial charge < -0.3 is 0 Å². The third kappa shape index (κ3) is 1.59. The number of fused-ring (bicyclic) bond motifs is 1. The molecule has 14 heavy (non-hydrogen) atoms. The van der Waals surface area contributed by atoms with Crippen LogP contribution in [0.3, 0.4) is 0 Å². The minimum atomic E-state index is -0.121. The molecule has 0 bridgehead atoms. The van der Waals surface area contributed by atoms with Crippen LogP contribution >= 0.6 is 39.0 Å². The summed E-state index contributed by atoms with van der Waals surface area (Å²) in [5.74, 6) is -0.121. The Morgan fingerprint density at radius 1 is 1.50 bits per heavy atom. The fourth-order valence-corrected chi connectivity index (χ4v) is 4.08. The van der Waals surface area contributed by atoms with Gasteiger partial charge in [-0.3, -0.25) is 0 Å². The zero-order valence-corrected chi connectivity index (χ0v) is 10.7. The van der Waals surface area contributed by atoms with Crippen molar-refractivity contribution in [3.63, 3.8) is 0 Å². The minimum Gasteiger partial charge on any atom is -0.207 e. The highest BCUT2D eigenvalue weighted by Gasteiger charge is 2.10. The summed E-state index contributed by atoms with van der Waals surface area (Å²) in [4.78, 5) is 1.23. The van der Waals surface area contributed by atoms with Gasteiger partial charge in [-0.25, -0.2) is 4.39 Å². The summed E-state index contributed by atoms with van der Waals surface area (Å²) in [6.07, 6.45) is 2.04. The number of hydrogen-bond acceptors (Lipinski definition) is 2. The molecule has 0 nitrogen and oxygen atoms in total. The monoisotopic (exact) mass is 290 g/mol. The Hall–Kier alpha value is -0.0600. The van der Waals surface area contributed by atoms with E-state index in [1.54, 1.807) is 29.2 Å². The van der Waals surface area contributed by atoms with Crippen molar-refractivity contribution < 1.29 is 4.39 Å². The molecule has 2 rings (SSSR count). The number of thioether (sulfide) groups is 1. The van der Waals surface area contributed by atoms with Crippen LogP contribution in [0.25, 0.3) is 10.1 Å². The van der Waals surface area contributed by atoms with Crippen LogP contribution in [0, 0.1) is 5.82 Å². The summed E-state index contributed by atoms with van der Waals surface area (Å²) >= 11 is 6.64. The first-order valence-corrected chi connectivity index (χ1v) is 7.29. The fraction of sp³-hybridized carbons (Fsp3) is 0.200. The van der Waals surface area contributed by atoms with Crippen molar-refractivity contribution in [3.8, 4) is 0 Å². The maximum Gasteiger partial charge on any atom is 0.128 e. The molecule has 0 aliphatic rings. The molecule has 74 valence electrons. The number of thiophene rings is 1. The SMILES string of the molecule is CSc1csc2c(CBr)c(F)ccc12. The van der Waals surface area contributed by atoms with E-state index in [1.807, 2.05) is 12.3 Å². The van der Waals surface area contributed by atoms with E-state index < -0.39 is 0 Å². The summed E-state index contributed by atoms with van der Waals surface area (Å²) < 4.78 is 14.5. The Bertz CT molecular complexity index is 464. The van der Waals surface area contributed by atoms with E-state index >= 15 is 0 Å². The van der Waals surface area contributed by atoms with Crippen LogP contribution in [-0.2, 0) is 5.33 Å². The number of alkyl halides is 1. The molecular formula is C10H8BrFS2. The van der Waals surface area contributed by atoms with Crippen molar-refractivity contribution in [3.05, 3.63) is 28.9 Å². The third-order valence-electron chi connectivity index (χ3n) is 2.11. The minimum absolute atomic E-state index is 0.121. The van der Waals surface area contributed by atoms with E-state index in [0.717, 1.165) is 10.3 Å². The second-order valence-electron chi connectivity index (χ2n) is 2.84. The van der Waals surface area contributed by atoms with E-state index in [4.69, 9.17) is 0 Å². The van der Waals surface area contributed by atoms with Gasteiger partial charge in [-0.15, -0.1) is 23.1 Å². The highest BCUT2D eigenvalue weighted by Crippen LogP contribution is 2.36. The van der Waals surface area contributed by atoms with Crippen LogP contribution in [0.5, 0.6) is 0 Å². The topological polar surface area (TPSA) is 0 Å². The predicted octanol–water partition coefficient (Wildman–Crippen LogP) is 4.66. The normalized spacial score (nSPS) is 11.1. The van der Waals surface area contributed by atoms with Gasteiger partial charge in [0.2, 0.25) is 0 Å². The molecule has 2 aromatic rings. The van der Waals surface area contributed by atoms with Crippen molar-refractivity contribution in [1.82, 2.24) is 0 Å². The Morgan fingerprint density at radius 3 is 2.93 bits per heavy atom. The summed E-state index contributed by atoms with van der Waals surface area (Å²) in [6.45, 7) is 0. The zero-order chi connectivity index (χ0) is 10.1. The summed E-state index contributed by atoms with van der Waals surface area (Å²) in [6, 6.07) is 3.41. The van der Waals surface area contributed by atoms with Crippen LogP contribution in [-0.4, -0.2) is 6.26 Å². The van der Waals surface area contributed by atoms with Crippen molar-refractivity contribution in [1.29, 1.82) is 0 Å². The predicted molar refractivity (Wildman–Crippen MR) is 66.2 cm³/mol. The highest BCUT2D eigenvalue weighted by atomic mass is 79.9. The van der Waals surface area contributed by atoms with Crippen LogP contribution in [0.15, 0.2) is 22.4 Å². The molecule has 0 aliphatic carbocycles. The lowest BCUT2D eigenvalue weighted by Gasteiger charge is -2.00. The lowest BCUT2D eigenvalue weighted by Crippen LogP contribution is -1.85. The molecule has 4 heteroatoms. The molecule has 0 amide bonds. The van der Waals surface area contributed by atoms with Crippen molar-refractivity contribution >= 4 is 49.1 Å². The van der Waals surface area contributed by atoms with Crippen LogP contribution in [0.2, 0.25) is 0 Å². The van der Waals surface area contributed by atoms with E-state index in [1.165, 1.54) is 10.3 Å². The van der Waals surface area contributed by atoms with Gasteiger partial charge in [0.1, 0.15) is 5.82 Å². The molecule has 0 N–H and O–H groups in total. The number of hydrogen-bond donors (Lipinski definition) is 0. The zero-order valence-electron chi connectivity index (χ0n) is 7.51. The summed E-state index contributed by atoms with van der Waals surface area (Å²) in [5.41, 5.74) is 0.771. The van der Waals surface area contributed by atoms with Crippen LogP contribution in [0.1, 0.15) is 5.56 Å². The molecule has 0 spiro atoms. The molecule has 0 atom stereocenters. The van der Waals surface area contributed by atoms with Crippen LogP contribution < -0.4 is 0 Å². The average Bonchev–Trinajstić information content (AvgIpc) is 2.60. The van der Waals surface area contributed by atoms with Gasteiger partial charge in [0.25, 0.3) is 0 Å². The maximum atomic E-state index is 13.4. The molecule has 0 saturated carbocycles. The first-order valence-electron chi connectivity index (χ1n) is 4.06. The maximum absolute atomic E-state index is 13.4. The Kier molecular flexibility index (Phi) is 3.14. The Balaban J connectivity index is 2.76. The number of benzene rings is 1. The third-order valence-corrected chi connectivity index (χ3v) is 4.65. The van der Waals surface area contributed by atoms with Gasteiger partial charge in [0.15, 0.2) is 0 Å².